The van der Waals surface area contributed by atoms with Gasteiger partial charge >= 0.3 is 6.03 Å². The van der Waals surface area contributed by atoms with Crippen molar-refractivity contribution in [3.8, 4) is 0 Å². The van der Waals surface area contributed by atoms with Crippen LogP contribution in [0.25, 0.3) is 10.9 Å². The normalized spacial score (nSPS) is 12.0. The van der Waals surface area contributed by atoms with E-state index in [1.165, 1.54) is 0 Å². The lowest BCUT2D eigenvalue weighted by Crippen LogP contribution is -2.37. The minimum atomic E-state index is -0.384. The first-order valence-electron chi connectivity index (χ1n) is 8.71. The summed E-state index contributed by atoms with van der Waals surface area (Å²) in [5, 5.41) is 3.45. The van der Waals surface area contributed by atoms with Crippen LogP contribution < -0.4 is 10.9 Å². The van der Waals surface area contributed by atoms with Crippen molar-refractivity contribution in [2.24, 2.45) is 0 Å². The number of hydrogen-bond acceptors (Lipinski definition) is 3. The van der Waals surface area contributed by atoms with Gasteiger partial charge in [0.05, 0.1) is 22.6 Å². The van der Waals surface area contributed by atoms with E-state index in [2.05, 4.69) is 26.2 Å². The van der Waals surface area contributed by atoms with Crippen molar-refractivity contribution in [3.63, 3.8) is 0 Å². The number of carbonyl (C=O) groups excluding carboxylic acids is 1. The smallest absolute Gasteiger partial charge is 0.318 e. The third-order valence-corrected chi connectivity index (χ3v) is 5.29. The van der Waals surface area contributed by atoms with E-state index < -0.39 is 0 Å². The molecule has 7 heteroatoms. The van der Waals surface area contributed by atoms with Crippen molar-refractivity contribution in [2.45, 2.75) is 26.4 Å². The van der Waals surface area contributed by atoms with E-state index >= 15 is 0 Å². The van der Waals surface area contributed by atoms with Crippen LogP contribution in [0, 0.1) is 0 Å². The number of hydrogen-bond donors (Lipinski definition) is 1. The van der Waals surface area contributed by atoms with Gasteiger partial charge in [0.2, 0.25) is 0 Å². The number of halogens is 1. The Morgan fingerprint density at radius 3 is 2.59 bits per heavy atom. The largest absolute Gasteiger partial charge is 0.322 e. The summed E-state index contributed by atoms with van der Waals surface area (Å²) in [5.74, 6) is 0.561. The van der Waals surface area contributed by atoms with Crippen LogP contribution in [0.1, 0.15) is 25.7 Å². The molecule has 1 heterocycles. The number of nitrogens with one attached hydrogen (secondary N) is 1. The van der Waals surface area contributed by atoms with Gasteiger partial charge in [0.25, 0.3) is 5.56 Å². The fraction of sp³-hybridized carbons (Fsp3) is 0.250. The van der Waals surface area contributed by atoms with Crippen LogP contribution in [-0.2, 0) is 6.54 Å². The summed E-state index contributed by atoms with van der Waals surface area (Å²) in [6.07, 6.45) is 0. The van der Waals surface area contributed by atoms with Gasteiger partial charge in [-0.15, -0.1) is 0 Å². The molecule has 1 atom stereocenters. The second-order valence-corrected chi connectivity index (χ2v) is 7.09. The standard InChI is InChI=1S/C20H21BrN4O2/c1-4-25-18(22-16-11-7-5-9-14(16)19(25)26)13(2)24(3)20(27)23-17-12-8-6-10-15(17)21/h5-13H,4H2,1-3H3,(H,23,27). The number of rotatable bonds is 4. The predicted molar refractivity (Wildman–Crippen MR) is 111 cm³/mol. The molecule has 1 N–H and O–H groups in total. The Kier molecular flexibility index (Phi) is 5.60. The van der Waals surface area contributed by atoms with Gasteiger partial charge < -0.3 is 10.2 Å². The molecule has 0 aliphatic heterocycles. The molecule has 0 radical (unpaired) electrons. The predicted octanol–water partition coefficient (Wildman–Crippen LogP) is 4.40. The Labute approximate surface area is 166 Å². The maximum absolute atomic E-state index is 12.8. The highest BCUT2D eigenvalue weighted by Gasteiger charge is 2.23. The number of fused-ring (bicyclic) bond motifs is 1. The van der Waals surface area contributed by atoms with Crippen LogP contribution in [0.15, 0.2) is 57.8 Å². The molecule has 0 aliphatic rings. The van der Waals surface area contributed by atoms with Crippen molar-refractivity contribution in [1.82, 2.24) is 14.5 Å². The van der Waals surface area contributed by atoms with Crippen LogP contribution in [-0.4, -0.2) is 27.5 Å². The summed E-state index contributed by atoms with van der Waals surface area (Å²) in [6.45, 7) is 4.24. The van der Waals surface area contributed by atoms with Crippen molar-refractivity contribution in [2.75, 3.05) is 12.4 Å². The van der Waals surface area contributed by atoms with E-state index in [-0.39, 0.29) is 17.6 Å². The topological polar surface area (TPSA) is 67.2 Å². The average molecular weight is 429 g/mol. The first kappa shape index (κ1) is 19.1. The summed E-state index contributed by atoms with van der Waals surface area (Å²) < 4.78 is 2.42. The van der Waals surface area contributed by atoms with Gasteiger partial charge in [0.1, 0.15) is 5.82 Å². The van der Waals surface area contributed by atoms with E-state index in [0.717, 1.165) is 4.47 Å². The third kappa shape index (κ3) is 3.73. The molecule has 27 heavy (non-hydrogen) atoms. The molecular formula is C20H21BrN4O2. The van der Waals surface area contributed by atoms with E-state index in [1.54, 1.807) is 22.6 Å². The number of carbonyl (C=O) groups is 1. The van der Waals surface area contributed by atoms with Crippen molar-refractivity contribution in [3.05, 3.63) is 69.2 Å². The monoisotopic (exact) mass is 428 g/mol. The summed E-state index contributed by atoms with van der Waals surface area (Å²) >= 11 is 3.42. The summed E-state index contributed by atoms with van der Waals surface area (Å²) in [4.78, 5) is 31.7. The Bertz CT molecular complexity index is 1050. The number of urea groups is 1. The van der Waals surface area contributed by atoms with Crippen LogP contribution in [0.5, 0.6) is 0 Å². The summed E-state index contributed by atoms with van der Waals surface area (Å²) in [7, 11) is 1.69. The zero-order chi connectivity index (χ0) is 19.6. The first-order valence-corrected chi connectivity index (χ1v) is 9.51. The van der Waals surface area contributed by atoms with E-state index in [4.69, 9.17) is 0 Å². The van der Waals surface area contributed by atoms with Gasteiger partial charge in [0, 0.05) is 18.1 Å². The Morgan fingerprint density at radius 2 is 1.89 bits per heavy atom. The summed E-state index contributed by atoms with van der Waals surface area (Å²) in [6, 6.07) is 14.0. The maximum Gasteiger partial charge on any atom is 0.322 e. The lowest BCUT2D eigenvalue weighted by Gasteiger charge is -2.27. The molecule has 1 aromatic heterocycles. The molecule has 0 saturated heterocycles. The van der Waals surface area contributed by atoms with E-state index in [0.29, 0.717) is 29.0 Å². The van der Waals surface area contributed by atoms with Crippen LogP contribution in [0.3, 0.4) is 0 Å². The van der Waals surface area contributed by atoms with Gasteiger partial charge in [0.15, 0.2) is 0 Å². The van der Waals surface area contributed by atoms with E-state index in [1.807, 2.05) is 56.3 Å². The highest BCUT2D eigenvalue weighted by Crippen LogP contribution is 2.23. The Morgan fingerprint density at radius 1 is 1.22 bits per heavy atom. The van der Waals surface area contributed by atoms with Crippen molar-refractivity contribution >= 4 is 38.6 Å². The van der Waals surface area contributed by atoms with Gasteiger partial charge in [-0.05, 0) is 54.0 Å². The maximum atomic E-state index is 12.8. The summed E-state index contributed by atoms with van der Waals surface area (Å²) in [5.41, 5.74) is 1.22. The molecule has 2 aromatic carbocycles. The molecule has 3 aromatic rings. The SMILES string of the molecule is CCn1c(C(C)N(C)C(=O)Nc2ccccc2Br)nc2ccccc2c1=O. The molecule has 1 unspecified atom stereocenters. The molecule has 0 spiro atoms. The van der Waals surface area contributed by atoms with Gasteiger partial charge in [-0.3, -0.25) is 9.36 Å². The third-order valence-electron chi connectivity index (χ3n) is 4.60. The zero-order valence-electron chi connectivity index (χ0n) is 15.4. The lowest BCUT2D eigenvalue weighted by molar-refractivity contribution is 0.204. The quantitative estimate of drug-likeness (QED) is 0.669. The minimum absolute atomic E-state index is 0.0930. The van der Waals surface area contributed by atoms with E-state index in [9.17, 15) is 9.59 Å². The number of para-hydroxylation sites is 2. The number of amides is 2. The molecule has 6 nitrogen and oxygen atoms in total. The number of anilines is 1. The zero-order valence-corrected chi connectivity index (χ0v) is 17.0. The van der Waals surface area contributed by atoms with Crippen molar-refractivity contribution in [1.29, 1.82) is 0 Å². The molecule has 2 amide bonds. The van der Waals surface area contributed by atoms with Crippen LogP contribution in [0.2, 0.25) is 0 Å². The molecule has 0 fully saturated rings. The Hall–Kier alpha value is -2.67. The van der Waals surface area contributed by atoms with Gasteiger partial charge in [-0.1, -0.05) is 24.3 Å². The molecule has 0 saturated carbocycles. The number of aromatic nitrogens is 2. The number of nitrogens with zero attached hydrogens (tertiary/aromatic N) is 3. The molecular weight excluding hydrogens is 408 g/mol. The molecule has 0 aliphatic carbocycles. The van der Waals surface area contributed by atoms with Gasteiger partial charge in [-0.25, -0.2) is 9.78 Å². The molecule has 140 valence electrons. The highest BCUT2D eigenvalue weighted by molar-refractivity contribution is 9.10. The molecule has 0 bridgehead atoms. The average Bonchev–Trinajstić information content (AvgIpc) is 2.68. The second kappa shape index (κ2) is 7.92. The van der Waals surface area contributed by atoms with Gasteiger partial charge in [-0.2, -0.15) is 0 Å². The lowest BCUT2D eigenvalue weighted by atomic mass is 10.2. The van der Waals surface area contributed by atoms with Crippen LogP contribution >= 0.6 is 15.9 Å². The van der Waals surface area contributed by atoms with Crippen molar-refractivity contribution < 1.29 is 4.79 Å². The fourth-order valence-corrected chi connectivity index (χ4v) is 3.31. The second-order valence-electron chi connectivity index (χ2n) is 6.23. The first-order chi connectivity index (χ1) is 12.9. The minimum Gasteiger partial charge on any atom is -0.318 e. The number of benzene rings is 2. The fourth-order valence-electron chi connectivity index (χ4n) is 2.92. The molecule has 3 rings (SSSR count). The Balaban J connectivity index is 1.95. The highest BCUT2D eigenvalue weighted by atomic mass is 79.9. The van der Waals surface area contributed by atoms with Crippen LogP contribution in [0.4, 0.5) is 10.5 Å².